The Labute approximate surface area is 290 Å². The number of hydrogen-bond donors (Lipinski definition) is 0. The number of halogens is 1. The van der Waals surface area contributed by atoms with E-state index in [-0.39, 0.29) is 27.9 Å². The van der Waals surface area contributed by atoms with Crippen LogP contribution in [0.5, 0.6) is 0 Å². The minimum absolute atomic E-state index is 0.0777. The minimum Gasteiger partial charge on any atom is -0.633 e. The van der Waals surface area contributed by atoms with Crippen molar-refractivity contribution < 1.29 is 23.1 Å². The Morgan fingerprint density at radius 1 is 1.00 bits per heavy atom. The van der Waals surface area contributed by atoms with E-state index >= 15 is 0 Å². The molecule has 0 saturated carbocycles. The van der Waals surface area contributed by atoms with Crippen LogP contribution in [0.3, 0.4) is 0 Å². The molecular formula is C39H57FN4O5. The first-order valence-electron chi connectivity index (χ1n) is 19.2. The SMILES string of the molecule is CCCCCCCCCCCCCCCC(=O)OC1CCCn2c1nc(C)c(CC[N+]1([O-])CCC(c3noc4cc(F)ccc34)CC1)c2=O. The highest BCUT2D eigenvalue weighted by Gasteiger charge is 2.32. The lowest BCUT2D eigenvalue weighted by atomic mass is 9.91. The van der Waals surface area contributed by atoms with Gasteiger partial charge in [0.15, 0.2) is 17.5 Å². The largest absolute Gasteiger partial charge is 0.633 e. The zero-order chi connectivity index (χ0) is 34.6. The molecule has 49 heavy (non-hydrogen) atoms. The summed E-state index contributed by atoms with van der Waals surface area (Å²) in [5, 5.41) is 18.7. The molecule has 0 N–H and O–H groups in total. The van der Waals surface area contributed by atoms with Crippen LogP contribution in [-0.4, -0.2) is 45.0 Å². The van der Waals surface area contributed by atoms with E-state index in [1.807, 2.05) is 6.92 Å². The lowest BCUT2D eigenvalue weighted by molar-refractivity contribution is -0.885. The van der Waals surface area contributed by atoms with E-state index in [9.17, 15) is 19.2 Å². The average molecular weight is 681 g/mol. The number of aromatic nitrogens is 3. The summed E-state index contributed by atoms with van der Waals surface area (Å²) in [5.41, 5.74) is 2.27. The number of hydrogen-bond acceptors (Lipinski definition) is 7. The number of ether oxygens (including phenoxy) is 1. The van der Waals surface area contributed by atoms with Crippen LogP contribution in [0.25, 0.3) is 11.0 Å². The summed E-state index contributed by atoms with van der Waals surface area (Å²) in [6.45, 7) is 5.74. The fourth-order valence-corrected chi connectivity index (χ4v) is 7.73. The van der Waals surface area contributed by atoms with Crippen molar-refractivity contribution >= 4 is 16.9 Å². The van der Waals surface area contributed by atoms with Gasteiger partial charge in [0.1, 0.15) is 5.82 Å². The van der Waals surface area contributed by atoms with Gasteiger partial charge in [-0.2, -0.15) is 0 Å². The third-order valence-electron chi connectivity index (χ3n) is 10.8. The molecule has 0 aliphatic carbocycles. The number of fused-ring (bicyclic) bond motifs is 2. The van der Waals surface area contributed by atoms with Crippen LogP contribution in [0, 0.1) is 17.9 Å². The highest BCUT2D eigenvalue weighted by Crippen LogP contribution is 2.35. The maximum Gasteiger partial charge on any atom is 0.306 e. The zero-order valence-electron chi connectivity index (χ0n) is 29.9. The molecule has 1 fully saturated rings. The first kappa shape index (κ1) is 37.2. The van der Waals surface area contributed by atoms with Crippen LogP contribution in [-0.2, 0) is 22.5 Å². The summed E-state index contributed by atoms with van der Waals surface area (Å²) in [6.07, 6.45) is 19.3. The van der Waals surface area contributed by atoms with Crippen molar-refractivity contribution in [1.29, 1.82) is 0 Å². The Balaban J connectivity index is 1.04. The number of carbonyl (C=O) groups is 1. The van der Waals surface area contributed by atoms with Crippen LogP contribution < -0.4 is 5.56 Å². The first-order chi connectivity index (χ1) is 23.8. The summed E-state index contributed by atoms with van der Waals surface area (Å²) in [4.78, 5) is 31.2. The zero-order valence-corrected chi connectivity index (χ0v) is 29.9. The van der Waals surface area contributed by atoms with Crippen LogP contribution in [0.15, 0.2) is 27.5 Å². The number of carbonyl (C=O) groups excluding carboxylic acids is 1. The maximum atomic E-state index is 13.7. The van der Waals surface area contributed by atoms with Crippen LogP contribution in [0.4, 0.5) is 4.39 Å². The summed E-state index contributed by atoms with van der Waals surface area (Å²) < 4.78 is 26.1. The van der Waals surface area contributed by atoms with Crippen molar-refractivity contribution in [2.75, 3.05) is 19.6 Å². The van der Waals surface area contributed by atoms with Gasteiger partial charge in [0.05, 0.1) is 25.3 Å². The molecule has 5 rings (SSSR count). The second kappa shape index (κ2) is 18.2. The quantitative estimate of drug-likeness (QED) is 0.0537. The molecule has 2 aliphatic rings. The van der Waals surface area contributed by atoms with E-state index in [2.05, 4.69) is 12.1 Å². The number of quaternary nitrogens is 1. The van der Waals surface area contributed by atoms with E-state index in [1.165, 1.54) is 76.3 Å². The summed E-state index contributed by atoms with van der Waals surface area (Å²) in [7, 11) is 0. The Morgan fingerprint density at radius 2 is 1.65 bits per heavy atom. The number of aryl methyl sites for hydroxylation is 1. The minimum atomic E-state index is -0.510. The Morgan fingerprint density at radius 3 is 2.33 bits per heavy atom. The van der Waals surface area contributed by atoms with E-state index in [0.717, 1.165) is 36.8 Å². The highest BCUT2D eigenvalue weighted by molar-refractivity contribution is 5.79. The van der Waals surface area contributed by atoms with E-state index < -0.39 is 6.10 Å². The van der Waals surface area contributed by atoms with Gasteiger partial charge in [0.2, 0.25) is 0 Å². The fourth-order valence-electron chi connectivity index (χ4n) is 7.73. The number of hydroxylamine groups is 3. The number of nitrogens with zero attached hydrogens (tertiary/aromatic N) is 4. The Hall–Kier alpha value is -3.11. The van der Waals surface area contributed by atoms with Gasteiger partial charge in [-0.25, -0.2) is 9.37 Å². The van der Waals surface area contributed by atoms with E-state index in [1.54, 1.807) is 10.6 Å². The Kier molecular flexibility index (Phi) is 13.8. The van der Waals surface area contributed by atoms with Gasteiger partial charge in [-0.1, -0.05) is 89.1 Å². The number of benzene rings is 1. The number of esters is 1. The van der Waals surface area contributed by atoms with Crippen molar-refractivity contribution in [3.05, 3.63) is 62.4 Å². The van der Waals surface area contributed by atoms with Crippen molar-refractivity contribution in [3.63, 3.8) is 0 Å². The standard InChI is InChI=1S/C39H57FN4O5/c1-3-4-5-6-7-8-9-10-11-12-13-14-15-18-36(45)48-34-17-16-24-43-38(34)41-29(2)32(39(43)46)23-27-44(47)25-21-30(22-26-44)37-33-20-19-31(40)28-35(33)49-42-37/h19-20,28,30,34H,3-18,21-27H2,1-2H3. The molecular weight excluding hydrogens is 623 g/mol. The van der Waals surface area contributed by atoms with E-state index in [0.29, 0.717) is 80.9 Å². The molecule has 1 saturated heterocycles. The van der Waals surface area contributed by atoms with Gasteiger partial charge >= 0.3 is 5.97 Å². The van der Waals surface area contributed by atoms with Crippen molar-refractivity contribution in [2.24, 2.45) is 0 Å². The number of likely N-dealkylation sites (tertiary alicyclic amines) is 1. The Bertz CT molecular complexity index is 1560. The average Bonchev–Trinajstić information content (AvgIpc) is 3.50. The lowest BCUT2D eigenvalue weighted by Gasteiger charge is -2.47. The predicted octanol–water partition coefficient (Wildman–Crippen LogP) is 9.13. The monoisotopic (exact) mass is 680 g/mol. The summed E-state index contributed by atoms with van der Waals surface area (Å²) >= 11 is 0. The first-order valence-corrected chi connectivity index (χ1v) is 19.2. The van der Waals surface area contributed by atoms with Gasteiger partial charge in [-0.15, -0.1) is 0 Å². The smallest absolute Gasteiger partial charge is 0.306 e. The van der Waals surface area contributed by atoms with Crippen LogP contribution >= 0.6 is 0 Å². The molecule has 4 heterocycles. The lowest BCUT2D eigenvalue weighted by Crippen LogP contribution is -2.49. The molecule has 0 spiro atoms. The molecule has 10 heteroatoms. The van der Waals surface area contributed by atoms with Crippen molar-refractivity contribution in [3.8, 4) is 0 Å². The number of unbranched alkanes of at least 4 members (excludes halogenated alkanes) is 12. The van der Waals surface area contributed by atoms with Crippen LogP contribution in [0.1, 0.15) is 157 Å². The van der Waals surface area contributed by atoms with E-state index in [4.69, 9.17) is 14.2 Å². The normalized spacial score (nSPS) is 20.8. The molecule has 270 valence electrons. The summed E-state index contributed by atoms with van der Waals surface area (Å²) in [6, 6.07) is 4.43. The second-order valence-electron chi connectivity index (χ2n) is 14.6. The van der Waals surface area contributed by atoms with Gasteiger partial charge in [-0.05, 0) is 38.3 Å². The molecule has 0 bridgehead atoms. The molecule has 2 aliphatic heterocycles. The molecule has 1 unspecified atom stereocenters. The molecule has 0 radical (unpaired) electrons. The third kappa shape index (κ3) is 10.2. The van der Waals surface area contributed by atoms with Gasteiger partial charge in [0.25, 0.3) is 5.56 Å². The van der Waals surface area contributed by atoms with Gasteiger partial charge in [0, 0.05) is 60.9 Å². The molecule has 1 atom stereocenters. The number of rotatable bonds is 19. The third-order valence-corrected chi connectivity index (χ3v) is 10.8. The molecule has 0 amide bonds. The molecule has 1 aromatic carbocycles. The summed E-state index contributed by atoms with van der Waals surface area (Å²) in [5.74, 6) is 0.0230. The maximum absolute atomic E-state index is 13.7. The molecule has 9 nitrogen and oxygen atoms in total. The number of piperidine rings is 1. The van der Waals surface area contributed by atoms with Crippen molar-refractivity contribution in [2.45, 2.75) is 154 Å². The molecule has 2 aromatic heterocycles. The topological polar surface area (TPSA) is 110 Å². The van der Waals surface area contributed by atoms with Gasteiger partial charge < -0.3 is 19.1 Å². The predicted molar refractivity (Wildman–Crippen MR) is 189 cm³/mol. The van der Waals surface area contributed by atoms with Crippen LogP contribution in [0.2, 0.25) is 0 Å². The van der Waals surface area contributed by atoms with Crippen molar-refractivity contribution in [1.82, 2.24) is 14.7 Å². The van der Waals surface area contributed by atoms with Gasteiger partial charge in [-0.3, -0.25) is 14.2 Å². The highest BCUT2D eigenvalue weighted by atomic mass is 19.1. The fraction of sp³-hybridized carbons (Fsp3) is 0.692. The second-order valence-corrected chi connectivity index (χ2v) is 14.6. The molecule has 3 aromatic rings.